The molecule has 0 N–H and O–H groups in total. The van der Waals surface area contributed by atoms with E-state index in [2.05, 4.69) is 10.2 Å². The van der Waals surface area contributed by atoms with Crippen LogP contribution in [0.15, 0.2) is 35.5 Å². The van der Waals surface area contributed by atoms with E-state index < -0.39 is 0 Å². The van der Waals surface area contributed by atoms with Crippen molar-refractivity contribution in [2.45, 2.75) is 19.0 Å². The minimum atomic E-state index is -0.343. The van der Waals surface area contributed by atoms with Crippen molar-refractivity contribution in [1.82, 2.24) is 14.8 Å². The average Bonchev–Trinajstić information content (AvgIpc) is 3.08. The lowest BCUT2D eigenvalue weighted by Gasteiger charge is -2.04. The predicted molar refractivity (Wildman–Crippen MR) is 95.2 cm³/mol. The number of carbonyl (C=O) groups is 1. The van der Waals surface area contributed by atoms with Crippen molar-refractivity contribution in [2.24, 2.45) is 7.05 Å². The molecule has 2 aromatic heterocycles. The van der Waals surface area contributed by atoms with Gasteiger partial charge in [0.2, 0.25) is 0 Å². The van der Waals surface area contributed by atoms with Gasteiger partial charge >= 0.3 is 0 Å². The maximum atomic E-state index is 13.9. The van der Waals surface area contributed by atoms with Crippen molar-refractivity contribution in [3.8, 4) is 11.4 Å². The molecule has 0 bridgehead atoms. The molecular formula is C17H16FN3OS2. The molecule has 1 aromatic carbocycles. The van der Waals surface area contributed by atoms with E-state index in [4.69, 9.17) is 0 Å². The largest absolute Gasteiger partial charge is 0.305 e. The Hall–Kier alpha value is -1.99. The van der Waals surface area contributed by atoms with E-state index in [9.17, 15) is 9.18 Å². The molecule has 0 aliphatic rings. The maximum Gasteiger partial charge on any atom is 0.191 e. The third kappa shape index (κ3) is 3.27. The molecule has 0 atom stereocenters. The fourth-order valence-electron chi connectivity index (χ4n) is 2.43. The first-order valence-corrected chi connectivity index (χ1v) is 9.15. The van der Waals surface area contributed by atoms with E-state index in [1.807, 2.05) is 19.9 Å². The molecule has 24 heavy (non-hydrogen) atoms. The normalized spacial score (nSPS) is 11.0. The van der Waals surface area contributed by atoms with Crippen LogP contribution in [0.25, 0.3) is 11.4 Å². The molecule has 0 saturated heterocycles. The second kappa shape index (κ2) is 6.86. The van der Waals surface area contributed by atoms with Crippen molar-refractivity contribution in [1.29, 1.82) is 0 Å². The Bertz CT molecular complexity index is 901. The van der Waals surface area contributed by atoms with Gasteiger partial charge in [0.05, 0.1) is 11.3 Å². The summed E-state index contributed by atoms with van der Waals surface area (Å²) in [5.41, 5.74) is 1.16. The number of hydrogen-bond acceptors (Lipinski definition) is 5. The van der Waals surface area contributed by atoms with Crippen LogP contribution in [-0.2, 0) is 7.05 Å². The third-order valence-electron chi connectivity index (χ3n) is 3.62. The summed E-state index contributed by atoms with van der Waals surface area (Å²) < 4.78 is 15.6. The van der Waals surface area contributed by atoms with Crippen molar-refractivity contribution in [2.75, 3.05) is 5.75 Å². The summed E-state index contributed by atoms with van der Waals surface area (Å²) in [4.78, 5) is 14.5. The molecule has 0 spiro atoms. The predicted octanol–water partition coefficient (Wildman–Crippen LogP) is 4.27. The number of Topliss-reactive ketones (excluding diaryl/α,β-unsaturated/α-hetero) is 1. The number of ketones is 1. The van der Waals surface area contributed by atoms with Gasteiger partial charge in [-0.2, -0.15) is 0 Å². The Morgan fingerprint density at radius 1 is 1.29 bits per heavy atom. The van der Waals surface area contributed by atoms with Gasteiger partial charge in [-0.05, 0) is 32.0 Å². The molecule has 0 radical (unpaired) electrons. The Morgan fingerprint density at radius 2 is 2.04 bits per heavy atom. The first-order valence-electron chi connectivity index (χ1n) is 7.34. The van der Waals surface area contributed by atoms with E-state index in [-0.39, 0.29) is 17.4 Å². The lowest BCUT2D eigenvalue weighted by Crippen LogP contribution is -2.04. The number of carbonyl (C=O) groups excluding carboxylic acids is 1. The van der Waals surface area contributed by atoms with Crippen LogP contribution in [0.4, 0.5) is 4.39 Å². The molecule has 0 saturated carbocycles. The number of benzene rings is 1. The molecule has 4 nitrogen and oxygen atoms in total. The highest BCUT2D eigenvalue weighted by molar-refractivity contribution is 7.99. The summed E-state index contributed by atoms with van der Waals surface area (Å²) in [5.74, 6) is 0.452. The SMILES string of the molecule is Cc1cc(C(=O)CSc2nnc(-c3ccccc3F)n2C)c(C)s1. The summed E-state index contributed by atoms with van der Waals surface area (Å²) >= 11 is 2.93. The van der Waals surface area contributed by atoms with Gasteiger partial charge in [0.25, 0.3) is 0 Å². The van der Waals surface area contributed by atoms with E-state index in [0.717, 1.165) is 15.3 Å². The van der Waals surface area contributed by atoms with E-state index >= 15 is 0 Å². The quantitative estimate of drug-likeness (QED) is 0.503. The summed E-state index contributed by atoms with van der Waals surface area (Å²) in [5, 5.41) is 8.74. The molecule has 7 heteroatoms. The van der Waals surface area contributed by atoms with Crippen LogP contribution >= 0.6 is 23.1 Å². The Kier molecular flexibility index (Phi) is 4.82. The highest BCUT2D eigenvalue weighted by atomic mass is 32.2. The zero-order chi connectivity index (χ0) is 17.3. The van der Waals surface area contributed by atoms with Crippen molar-refractivity contribution >= 4 is 28.9 Å². The molecule has 0 unspecified atom stereocenters. The van der Waals surface area contributed by atoms with Gasteiger partial charge in [-0.3, -0.25) is 4.79 Å². The van der Waals surface area contributed by atoms with Crippen molar-refractivity contribution < 1.29 is 9.18 Å². The molecule has 3 rings (SSSR count). The zero-order valence-corrected chi connectivity index (χ0v) is 15.2. The van der Waals surface area contributed by atoms with Gasteiger partial charge < -0.3 is 4.57 Å². The van der Waals surface area contributed by atoms with Crippen LogP contribution in [0.5, 0.6) is 0 Å². The number of hydrogen-bond donors (Lipinski definition) is 0. The number of halogens is 1. The van der Waals surface area contributed by atoms with E-state index in [1.54, 1.807) is 41.2 Å². The second-order valence-electron chi connectivity index (χ2n) is 5.38. The second-order valence-corrected chi connectivity index (χ2v) is 7.79. The average molecular weight is 361 g/mol. The molecule has 0 aliphatic carbocycles. The van der Waals surface area contributed by atoms with Gasteiger partial charge in [0.15, 0.2) is 16.8 Å². The van der Waals surface area contributed by atoms with Gasteiger partial charge in [-0.15, -0.1) is 21.5 Å². The monoisotopic (exact) mass is 361 g/mol. The topological polar surface area (TPSA) is 47.8 Å². The standard InChI is InChI=1S/C17H16FN3OS2/c1-10-8-13(11(2)24-10)15(22)9-23-17-20-19-16(21(17)3)12-6-4-5-7-14(12)18/h4-8H,9H2,1-3H3. The Morgan fingerprint density at radius 3 is 2.71 bits per heavy atom. The van der Waals surface area contributed by atoms with Gasteiger partial charge in [0.1, 0.15) is 5.82 Å². The summed E-state index contributed by atoms with van der Waals surface area (Å²) in [7, 11) is 1.77. The lowest BCUT2D eigenvalue weighted by atomic mass is 10.2. The number of nitrogens with zero attached hydrogens (tertiary/aromatic N) is 3. The lowest BCUT2D eigenvalue weighted by molar-refractivity contribution is 0.102. The van der Waals surface area contributed by atoms with Crippen LogP contribution in [0, 0.1) is 19.7 Å². The van der Waals surface area contributed by atoms with E-state index in [0.29, 0.717) is 16.5 Å². The smallest absolute Gasteiger partial charge is 0.191 e. The van der Waals surface area contributed by atoms with Crippen LogP contribution in [0.1, 0.15) is 20.1 Å². The number of rotatable bonds is 5. The van der Waals surface area contributed by atoms with Crippen molar-refractivity contribution in [3.63, 3.8) is 0 Å². The number of aryl methyl sites for hydroxylation is 2. The number of aromatic nitrogens is 3. The van der Waals surface area contributed by atoms with Gasteiger partial charge in [0, 0.05) is 22.4 Å². The third-order valence-corrected chi connectivity index (χ3v) is 5.61. The van der Waals surface area contributed by atoms with Gasteiger partial charge in [-0.25, -0.2) is 4.39 Å². The first kappa shape index (κ1) is 16.9. The molecule has 3 aromatic rings. The molecule has 0 fully saturated rings. The van der Waals surface area contributed by atoms with Crippen LogP contribution in [0.2, 0.25) is 0 Å². The fourth-order valence-corrected chi connectivity index (χ4v) is 4.17. The molecular weight excluding hydrogens is 345 g/mol. The summed E-state index contributed by atoms with van der Waals surface area (Å²) in [6, 6.07) is 8.36. The minimum Gasteiger partial charge on any atom is -0.305 e. The number of thiophene rings is 1. The fraction of sp³-hybridized carbons (Fsp3) is 0.235. The maximum absolute atomic E-state index is 13.9. The molecule has 0 amide bonds. The number of thioether (sulfide) groups is 1. The molecule has 2 heterocycles. The molecule has 0 aliphatic heterocycles. The Balaban J connectivity index is 1.77. The van der Waals surface area contributed by atoms with Crippen LogP contribution < -0.4 is 0 Å². The minimum absolute atomic E-state index is 0.0669. The van der Waals surface area contributed by atoms with Crippen molar-refractivity contribution in [3.05, 3.63) is 51.5 Å². The van der Waals surface area contributed by atoms with E-state index in [1.165, 1.54) is 17.8 Å². The summed E-state index contributed by atoms with van der Waals surface area (Å²) in [6.45, 7) is 3.94. The van der Waals surface area contributed by atoms with Gasteiger partial charge in [-0.1, -0.05) is 23.9 Å². The zero-order valence-electron chi connectivity index (χ0n) is 13.5. The molecule has 124 valence electrons. The summed E-state index contributed by atoms with van der Waals surface area (Å²) in [6.07, 6.45) is 0. The highest BCUT2D eigenvalue weighted by Crippen LogP contribution is 2.26. The first-order chi connectivity index (χ1) is 11.5. The Labute approximate surface area is 147 Å². The highest BCUT2D eigenvalue weighted by Gasteiger charge is 2.17. The van der Waals surface area contributed by atoms with Crippen LogP contribution in [0.3, 0.4) is 0 Å². The van der Waals surface area contributed by atoms with Crippen LogP contribution in [-0.4, -0.2) is 26.3 Å².